The van der Waals surface area contributed by atoms with Crippen molar-refractivity contribution >= 4 is 29.5 Å². The highest BCUT2D eigenvalue weighted by Gasteiger charge is 2.33. The number of rotatable bonds is 3. The van der Waals surface area contributed by atoms with Crippen molar-refractivity contribution in [3.63, 3.8) is 0 Å². The molecule has 0 bridgehead atoms. The molecule has 1 fully saturated rings. The number of nitrogens with zero attached hydrogens (tertiary/aromatic N) is 1. The van der Waals surface area contributed by atoms with Crippen LogP contribution in [0.4, 0.5) is 0 Å². The van der Waals surface area contributed by atoms with Gasteiger partial charge in [-0.3, -0.25) is 14.5 Å². The van der Waals surface area contributed by atoms with Crippen LogP contribution in [0.3, 0.4) is 0 Å². The molecule has 1 aliphatic heterocycles. The molecule has 1 aliphatic rings. The lowest BCUT2D eigenvalue weighted by Crippen LogP contribution is -2.28. The molecule has 0 unspecified atom stereocenters. The zero-order valence-corrected chi connectivity index (χ0v) is 12.6. The SMILES string of the molecule is O=C1C/C(=C\c2ccccc2Cl)C(=O)N1Cc1ccccc1. The number of likely N-dealkylation sites (tertiary alicyclic amines) is 1. The van der Waals surface area contributed by atoms with Gasteiger partial charge in [0, 0.05) is 10.6 Å². The van der Waals surface area contributed by atoms with Crippen molar-refractivity contribution in [3.8, 4) is 0 Å². The first-order valence-corrected chi connectivity index (χ1v) is 7.36. The van der Waals surface area contributed by atoms with E-state index in [4.69, 9.17) is 11.6 Å². The summed E-state index contributed by atoms with van der Waals surface area (Å²) in [6.45, 7) is 0.304. The van der Waals surface area contributed by atoms with Gasteiger partial charge in [-0.15, -0.1) is 0 Å². The zero-order chi connectivity index (χ0) is 15.5. The van der Waals surface area contributed by atoms with Gasteiger partial charge in [0.1, 0.15) is 0 Å². The second-order valence-electron chi connectivity index (χ2n) is 5.14. The van der Waals surface area contributed by atoms with Crippen LogP contribution < -0.4 is 0 Å². The van der Waals surface area contributed by atoms with Crippen LogP contribution >= 0.6 is 11.6 Å². The van der Waals surface area contributed by atoms with E-state index >= 15 is 0 Å². The predicted molar refractivity (Wildman–Crippen MR) is 86.0 cm³/mol. The number of carbonyl (C=O) groups excluding carboxylic acids is 2. The summed E-state index contributed by atoms with van der Waals surface area (Å²) in [6.07, 6.45) is 1.82. The van der Waals surface area contributed by atoms with E-state index in [1.54, 1.807) is 12.1 Å². The lowest BCUT2D eigenvalue weighted by Gasteiger charge is -2.13. The molecule has 0 atom stereocenters. The van der Waals surface area contributed by atoms with E-state index in [0.717, 1.165) is 11.1 Å². The summed E-state index contributed by atoms with van der Waals surface area (Å²) in [5.74, 6) is -0.416. The summed E-state index contributed by atoms with van der Waals surface area (Å²) in [5, 5.41) is 0.566. The Balaban J connectivity index is 1.84. The lowest BCUT2D eigenvalue weighted by molar-refractivity contribution is -0.138. The van der Waals surface area contributed by atoms with E-state index in [9.17, 15) is 9.59 Å². The van der Waals surface area contributed by atoms with Gasteiger partial charge in [-0.05, 0) is 23.3 Å². The Kier molecular flexibility index (Phi) is 4.07. The molecule has 2 aromatic rings. The van der Waals surface area contributed by atoms with Crippen LogP contribution in [0.25, 0.3) is 6.08 Å². The van der Waals surface area contributed by atoms with Crippen molar-refractivity contribution in [2.24, 2.45) is 0 Å². The lowest BCUT2D eigenvalue weighted by atomic mass is 10.1. The Bertz CT molecular complexity index is 753. The highest BCUT2D eigenvalue weighted by molar-refractivity contribution is 6.32. The minimum Gasteiger partial charge on any atom is -0.274 e. The molecule has 0 radical (unpaired) electrons. The standard InChI is InChI=1S/C18H14ClNO2/c19-16-9-5-4-8-14(16)10-15-11-17(21)20(18(15)22)12-13-6-2-1-3-7-13/h1-10H,11-12H2/b15-10+. The summed E-state index contributed by atoms with van der Waals surface area (Å²) in [5.41, 5.74) is 2.17. The predicted octanol–water partition coefficient (Wildman–Crippen LogP) is 3.68. The molecule has 0 spiro atoms. The summed E-state index contributed by atoms with van der Waals surface area (Å²) in [6, 6.07) is 16.7. The molecule has 110 valence electrons. The van der Waals surface area contributed by atoms with Gasteiger partial charge >= 0.3 is 0 Å². The molecule has 4 heteroatoms. The molecule has 2 amide bonds. The zero-order valence-electron chi connectivity index (χ0n) is 11.8. The fourth-order valence-corrected chi connectivity index (χ4v) is 2.63. The number of imide groups is 1. The molecule has 1 heterocycles. The normalized spacial score (nSPS) is 16.6. The molecule has 22 heavy (non-hydrogen) atoms. The van der Waals surface area contributed by atoms with Crippen LogP contribution in [-0.4, -0.2) is 16.7 Å². The third kappa shape index (κ3) is 2.95. The van der Waals surface area contributed by atoms with Gasteiger partial charge < -0.3 is 0 Å². The van der Waals surface area contributed by atoms with Crippen molar-refractivity contribution in [1.29, 1.82) is 0 Å². The molecule has 3 rings (SSSR count). The maximum Gasteiger partial charge on any atom is 0.257 e. The second kappa shape index (κ2) is 6.16. The van der Waals surface area contributed by atoms with Gasteiger partial charge in [0.2, 0.25) is 5.91 Å². The van der Waals surface area contributed by atoms with Crippen molar-refractivity contribution in [2.75, 3.05) is 0 Å². The number of benzene rings is 2. The summed E-state index contributed by atoms with van der Waals surface area (Å²) in [4.78, 5) is 25.8. The second-order valence-corrected chi connectivity index (χ2v) is 5.55. The number of hydrogen-bond donors (Lipinski definition) is 0. The maximum atomic E-state index is 12.4. The molecule has 3 nitrogen and oxygen atoms in total. The molecule has 2 aromatic carbocycles. The van der Waals surface area contributed by atoms with Crippen molar-refractivity contribution in [3.05, 3.63) is 76.3 Å². The Hall–Kier alpha value is -2.39. The highest BCUT2D eigenvalue weighted by Crippen LogP contribution is 2.26. The Morgan fingerprint density at radius 2 is 1.68 bits per heavy atom. The van der Waals surface area contributed by atoms with Crippen LogP contribution in [0.2, 0.25) is 5.02 Å². The minimum atomic E-state index is -0.242. The van der Waals surface area contributed by atoms with E-state index in [1.807, 2.05) is 48.5 Å². The van der Waals surface area contributed by atoms with E-state index in [0.29, 0.717) is 17.1 Å². The van der Waals surface area contributed by atoms with Gasteiger partial charge in [-0.1, -0.05) is 60.1 Å². The number of halogens is 1. The van der Waals surface area contributed by atoms with Crippen LogP contribution in [0.1, 0.15) is 17.5 Å². The minimum absolute atomic E-state index is 0.122. The average molecular weight is 312 g/mol. The van der Waals surface area contributed by atoms with Crippen LogP contribution in [0.5, 0.6) is 0 Å². The Morgan fingerprint density at radius 1 is 1.00 bits per heavy atom. The maximum absolute atomic E-state index is 12.4. The molecule has 0 saturated carbocycles. The molecule has 0 N–H and O–H groups in total. The van der Waals surface area contributed by atoms with Crippen LogP contribution in [0, 0.1) is 0 Å². The van der Waals surface area contributed by atoms with Crippen LogP contribution in [-0.2, 0) is 16.1 Å². The first-order valence-electron chi connectivity index (χ1n) is 6.99. The smallest absolute Gasteiger partial charge is 0.257 e. The number of hydrogen-bond acceptors (Lipinski definition) is 2. The number of carbonyl (C=O) groups is 2. The van der Waals surface area contributed by atoms with Gasteiger partial charge in [0.05, 0.1) is 13.0 Å². The highest BCUT2D eigenvalue weighted by atomic mass is 35.5. The van der Waals surface area contributed by atoms with E-state index < -0.39 is 0 Å². The van der Waals surface area contributed by atoms with E-state index in [1.165, 1.54) is 4.90 Å². The molecular weight excluding hydrogens is 298 g/mol. The van der Waals surface area contributed by atoms with Crippen molar-refractivity contribution in [2.45, 2.75) is 13.0 Å². The molecule has 0 aromatic heterocycles. The molecule has 0 aliphatic carbocycles. The first kappa shape index (κ1) is 14.5. The molecule has 1 saturated heterocycles. The third-order valence-electron chi connectivity index (χ3n) is 3.58. The Labute approximate surface area is 133 Å². The summed E-state index contributed by atoms with van der Waals surface area (Å²) >= 11 is 6.10. The van der Waals surface area contributed by atoms with Crippen molar-refractivity contribution in [1.82, 2.24) is 4.90 Å². The van der Waals surface area contributed by atoms with Crippen LogP contribution in [0.15, 0.2) is 60.2 Å². The van der Waals surface area contributed by atoms with E-state index in [-0.39, 0.29) is 18.2 Å². The third-order valence-corrected chi connectivity index (χ3v) is 3.93. The average Bonchev–Trinajstić information content (AvgIpc) is 2.78. The first-order chi connectivity index (χ1) is 10.6. The van der Waals surface area contributed by atoms with Gasteiger partial charge in [0.15, 0.2) is 0 Å². The monoisotopic (exact) mass is 311 g/mol. The molecular formula is C18H14ClNO2. The Morgan fingerprint density at radius 3 is 2.41 bits per heavy atom. The number of amides is 2. The van der Waals surface area contributed by atoms with Crippen molar-refractivity contribution < 1.29 is 9.59 Å². The topological polar surface area (TPSA) is 37.4 Å². The summed E-state index contributed by atoms with van der Waals surface area (Å²) < 4.78 is 0. The fourth-order valence-electron chi connectivity index (χ4n) is 2.44. The quantitative estimate of drug-likeness (QED) is 0.640. The van der Waals surface area contributed by atoms with Gasteiger partial charge in [0.25, 0.3) is 5.91 Å². The van der Waals surface area contributed by atoms with Gasteiger partial charge in [-0.25, -0.2) is 0 Å². The fraction of sp³-hybridized carbons (Fsp3) is 0.111. The van der Waals surface area contributed by atoms with Gasteiger partial charge in [-0.2, -0.15) is 0 Å². The van der Waals surface area contributed by atoms with E-state index in [2.05, 4.69) is 0 Å². The summed E-state index contributed by atoms with van der Waals surface area (Å²) in [7, 11) is 0. The largest absolute Gasteiger partial charge is 0.274 e.